The molecule has 0 aliphatic carbocycles. The number of H-pyrrole nitrogens is 1. The number of alkyl halides is 3. The van der Waals surface area contributed by atoms with Crippen molar-refractivity contribution in [1.82, 2.24) is 4.98 Å². The van der Waals surface area contributed by atoms with Crippen LogP contribution in [-0.2, 0) is 9.53 Å². The maximum Gasteiger partial charge on any atom is 0.573 e. The van der Waals surface area contributed by atoms with E-state index in [1.54, 1.807) is 0 Å². The number of aromatic amines is 1. The molecule has 4 N–H and O–H groups in total. The number of nitrogens with two attached hydrogens (primary N) is 1. The van der Waals surface area contributed by atoms with Gasteiger partial charge in [-0.1, -0.05) is 12.1 Å². The van der Waals surface area contributed by atoms with Gasteiger partial charge in [0.15, 0.2) is 0 Å². The molecule has 11 heteroatoms. The number of aromatic hydroxyl groups is 1. The minimum Gasteiger partial charge on any atom is -0.506 e. The third kappa shape index (κ3) is 4.81. The van der Waals surface area contributed by atoms with Crippen molar-refractivity contribution >= 4 is 11.9 Å². The molecule has 0 saturated carbocycles. The number of benzene rings is 1. The Kier molecular flexibility index (Phi) is 5.96. The molecule has 1 atom stereocenters. The second-order valence-corrected chi connectivity index (χ2v) is 5.63. The SMILES string of the molecule is COC(=O)c1c[nH]c(=O)c(C(CC(N)=O)c2ccc(OC(F)(F)F)cc2)c1O. The van der Waals surface area contributed by atoms with Crippen molar-refractivity contribution in [2.24, 2.45) is 5.73 Å². The number of methoxy groups -OCH3 is 1. The van der Waals surface area contributed by atoms with Gasteiger partial charge in [0.1, 0.15) is 17.1 Å². The first kappa shape index (κ1) is 20.8. The summed E-state index contributed by atoms with van der Waals surface area (Å²) in [4.78, 5) is 37.7. The average molecular weight is 400 g/mol. The second-order valence-electron chi connectivity index (χ2n) is 5.63. The van der Waals surface area contributed by atoms with Gasteiger partial charge in [-0.15, -0.1) is 13.2 Å². The number of rotatable bonds is 6. The van der Waals surface area contributed by atoms with Crippen LogP contribution in [0.1, 0.15) is 33.8 Å². The third-order valence-electron chi connectivity index (χ3n) is 3.78. The van der Waals surface area contributed by atoms with Crippen molar-refractivity contribution in [3.05, 3.63) is 57.5 Å². The summed E-state index contributed by atoms with van der Waals surface area (Å²) in [6, 6.07) is 4.31. The lowest BCUT2D eigenvalue weighted by Crippen LogP contribution is -2.24. The van der Waals surface area contributed by atoms with Gasteiger partial charge in [0, 0.05) is 18.5 Å². The van der Waals surface area contributed by atoms with Crippen LogP contribution in [0.2, 0.25) is 0 Å². The Bertz CT molecular complexity index is 937. The zero-order valence-corrected chi connectivity index (χ0v) is 14.4. The second kappa shape index (κ2) is 8.03. The Labute approximate surface area is 155 Å². The number of hydrogen-bond acceptors (Lipinski definition) is 6. The predicted molar refractivity (Wildman–Crippen MR) is 88.8 cm³/mol. The minimum atomic E-state index is -4.89. The highest BCUT2D eigenvalue weighted by Gasteiger charge is 2.31. The van der Waals surface area contributed by atoms with Crippen LogP contribution < -0.4 is 16.0 Å². The number of nitrogens with one attached hydrogen (secondary N) is 1. The van der Waals surface area contributed by atoms with Gasteiger partial charge in [-0.2, -0.15) is 0 Å². The van der Waals surface area contributed by atoms with Gasteiger partial charge in [0.05, 0.1) is 12.7 Å². The van der Waals surface area contributed by atoms with Crippen molar-refractivity contribution in [1.29, 1.82) is 0 Å². The van der Waals surface area contributed by atoms with E-state index < -0.39 is 47.6 Å². The largest absolute Gasteiger partial charge is 0.573 e. The summed E-state index contributed by atoms with van der Waals surface area (Å²) in [5.74, 6) is -4.16. The molecule has 28 heavy (non-hydrogen) atoms. The van der Waals surface area contributed by atoms with Crippen molar-refractivity contribution in [3.8, 4) is 11.5 Å². The average Bonchev–Trinajstić information content (AvgIpc) is 2.59. The van der Waals surface area contributed by atoms with Crippen molar-refractivity contribution in [2.75, 3.05) is 7.11 Å². The fourth-order valence-electron chi connectivity index (χ4n) is 2.61. The molecule has 0 radical (unpaired) electrons. The van der Waals surface area contributed by atoms with Gasteiger partial charge in [-0.3, -0.25) is 9.59 Å². The number of hydrogen-bond donors (Lipinski definition) is 3. The predicted octanol–water partition coefficient (Wildman–Crippen LogP) is 1.77. The lowest BCUT2D eigenvalue weighted by Gasteiger charge is -2.18. The molecule has 0 bridgehead atoms. The highest BCUT2D eigenvalue weighted by atomic mass is 19.4. The number of amides is 1. The van der Waals surface area contributed by atoms with Gasteiger partial charge in [0.25, 0.3) is 5.56 Å². The normalized spacial score (nSPS) is 12.3. The van der Waals surface area contributed by atoms with Crippen LogP contribution >= 0.6 is 0 Å². The smallest absolute Gasteiger partial charge is 0.506 e. The Morgan fingerprint density at radius 1 is 1.25 bits per heavy atom. The maximum atomic E-state index is 12.3. The van der Waals surface area contributed by atoms with Gasteiger partial charge in [0.2, 0.25) is 5.91 Å². The molecule has 1 amide bonds. The molecule has 0 aliphatic heterocycles. The Balaban J connectivity index is 2.55. The molecular formula is C17H15F3N2O6. The van der Waals surface area contributed by atoms with E-state index in [0.29, 0.717) is 0 Å². The Morgan fingerprint density at radius 2 is 1.86 bits per heavy atom. The highest BCUT2D eigenvalue weighted by Crippen LogP contribution is 2.34. The number of aromatic nitrogens is 1. The molecule has 2 rings (SSSR count). The first-order valence-corrected chi connectivity index (χ1v) is 7.70. The van der Waals surface area contributed by atoms with Gasteiger partial charge in [-0.25, -0.2) is 4.79 Å². The topological polar surface area (TPSA) is 132 Å². The number of carbonyl (C=O) groups excluding carboxylic acids is 2. The zero-order valence-electron chi connectivity index (χ0n) is 14.4. The molecule has 8 nitrogen and oxygen atoms in total. The summed E-state index contributed by atoms with van der Waals surface area (Å²) in [7, 11) is 1.06. The molecule has 1 unspecified atom stereocenters. The first-order chi connectivity index (χ1) is 13.0. The summed E-state index contributed by atoms with van der Waals surface area (Å²) < 4.78 is 45.1. The van der Waals surface area contributed by atoms with Crippen LogP contribution in [0.5, 0.6) is 11.5 Å². The fourth-order valence-corrected chi connectivity index (χ4v) is 2.61. The summed E-state index contributed by atoms with van der Waals surface area (Å²) >= 11 is 0. The van der Waals surface area contributed by atoms with Crippen LogP contribution in [0.3, 0.4) is 0 Å². The van der Waals surface area contributed by atoms with E-state index in [4.69, 9.17) is 5.73 Å². The van der Waals surface area contributed by atoms with Crippen LogP contribution in [0.25, 0.3) is 0 Å². The molecule has 0 spiro atoms. The highest BCUT2D eigenvalue weighted by molar-refractivity contribution is 5.92. The lowest BCUT2D eigenvalue weighted by molar-refractivity contribution is -0.274. The molecule has 0 aliphatic rings. The van der Waals surface area contributed by atoms with Crippen LogP contribution in [0.15, 0.2) is 35.3 Å². The minimum absolute atomic E-state index is 0.191. The number of ether oxygens (including phenoxy) is 2. The molecule has 0 saturated heterocycles. The Hall–Kier alpha value is -3.50. The Morgan fingerprint density at radius 3 is 2.36 bits per heavy atom. The summed E-state index contributed by atoms with van der Waals surface area (Å²) in [6.45, 7) is 0. The van der Waals surface area contributed by atoms with Crippen LogP contribution in [0, 0.1) is 0 Å². The van der Waals surface area contributed by atoms with E-state index in [1.807, 2.05) is 0 Å². The molecule has 1 heterocycles. The number of pyridine rings is 1. The summed E-state index contributed by atoms with van der Waals surface area (Å²) in [5.41, 5.74) is 3.87. The van der Waals surface area contributed by atoms with E-state index in [-0.39, 0.29) is 16.7 Å². The molecule has 1 aromatic carbocycles. The zero-order chi connectivity index (χ0) is 21.1. The van der Waals surface area contributed by atoms with Gasteiger partial charge >= 0.3 is 12.3 Å². The van der Waals surface area contributed by atoms with Crippen LogP contribution in [0.4, 0.5) is 13.2 Å². The summed E-state index contributed by atoms with van der Waals surface area (Å²) in [5, 5.41) is 10.4. The van der Waals surface area contributed by atoms with Gasteiger partial charge in [-0.05, 0) is 17.7 Å². The van der Waals surface area contributed by atoms with E-state index in [0.717, 1.165) is 25.4 Å². The van der Waals surface area contributed by atoms with E-state index in [2.05, 4.69) is 14.5 Å². The standard InChI is InChI=1S/C17H15F3N2O6/c1-27-16(26)11-7-22-15(25)13(14(11)24)10(6-12(21)23)8-2-4-9(5-3-8)28-17(18,19)20/h2-5,7,10H,6H2,1H3,(H2,21,23)(H2,22,24,25). The molecular weight excluding hydrogens is 385 g/mol. The van der Waals surface area contributed by atoms with Gasteiger partial charge < -0.3 is 25.3 Å². The monoisotopic (exact) mass is 400 g/mol. The molecule has 2 aromatic rings. The number of halogens is 3. The molecule has 150 valence electrons. The third-order valence-corrected chi connectivity index (χ3v) is 3.78. The number of esters is 1. The molecule has 0 fully saturated rings. The van der Waals surface area contributed by atoms with E-state index in [1.165, 1.54) is 12.1 Å². The van der Waals surface area contributed by atoms with Crippen molar-refractivity contribution in [3.63, 3.8) is 0 Å². The fraction of sp³-hybridized carbons (Fsp3) is 0.235. The molecule has 1 aromatic heterocycles. The summed E-state index contributed by atoms with van der Waals surface area (Å²) in [6.07, 6.45) is -4.41. The van der Waals surface area contributed by atoms with Crippen molar-refractivity contribution in [2.45, 2.75) is 18.7 Å². The first-order valence-electron chi connectivity index (χ1n) is 7.70. The number of carbonyl (C=O) groups is 2. The quantitative estimate of drug-likeness (QED) is 0.634. The maximum absolute atomic E-state index is 12.3. The number of primary amides is 1. The van der Waals surface area contributed by atoms with Crippen molar-refractivity contribution < 1.29 is 37.3 Å². The lowest BCUT2D eigenvalue weighted by atomic mass is 9.87. The van der Waals surface area contributed by atoms with Crippen LogP contribution in [-0.4, -0.2) is 35.4 Å². The van der Waals surface area contributed by atoms with E-state index >= 15 is 0 Å². The van der Waals surface area contributed by atoms with E-state index in [9.17, 15) is 32.7 Å².